The van der Waals surface area contributed by atoms with Crippen molar-refractivity contribution in [2.45, 2.75) is 183 Å². The van der Waals surface area contributed by atoms with Crippen LogP contribution in [0.2, 0.25) is 0 Å². The number of hydrogen-bond donors (Lipinski definition) is 10. The van der Waals surface area contributed by atoms with Crippen molar-refractivity contribution < 1.29 is 103 Å². The van der Waals surface area contributed by atoms with Gasteiger partial charge in [-0.3, -0.25) is 47.9 Å². The van der Waals surface area contributed by atoms with Gasteiger partial charge in [-0.15, -0.1) is 19.7 Å². The SMILES string of the molecule is C=CCC(=O)c1c(Nc2ccc(Br)cc2F)c(F)c(=O)n2c1CCC2.C=CCC(C)(C)C.C=CCCC(C)(C)C.COCOCC(=O)c1c(Nc2ccc(Br)cc2F)c(F)c(=O)n2c1CCC2.O=C(CC(O)CO)c1c(Nc2ccc(Br)cc2F)c(F)c(=O)n2c1CCC2.O=C(CO)c1c(Nc2ccc(Br)cc2F)c(F)c(=O)n2c1CCC2.O=C(c1c(Nc2ccc(Br)cc2F)c(F)c(=O)n2c1CCC2)C(O)CO. The maximum absolute atomic E-state index is 14.8. The minimum Gasteiger partial charge on any atom is -0.394 e. The van der Waals surface area contributed by atoms with Crippen molar-refractivity contribution in [3.8, 4) is 0 Å². The van der Waals surface area contributed by atoms with Crippen molar-refractivity contribution in [3.63, 3.8) is 0 Å². The first kappa shape index (κ1) is 116. The van der Waals surface area contributed by atoms with Crippen molar-refractivity contribution in [1.29, 1.82) is 0 Å². The highest BCUT2D eigenvalue weighted by Crippen LogP contribution is 2.40. The number of aliphatic hydroxyl groups excluding tert-OH is 5. The Hall–Kier alpha value is -11.2. The highest BCUT2D eigenvalue weighted by Gasteiger charge is 2.37. The highest BCUT2D eigenvalue weighted by atomic mass is 79.9. The van der Waals surface area contributed by atoms with Crippen molar-refractivity contribution in [2.75, 3.05) is 66.9 Å². The molecular weight excluding hydrogens is 2230 g/mol. The van der Waals surface area contributed by atoms with Gasteiger partial charge in [0.05, 0.1) is 104 Å². The van der Waals surface area contributed by atoms with Gasteiger partial charge in [0.25, 0.3) is 27.8 Å². The van der Waals surface area contributed by atoms with E-state index in [-0.39, 0.29) is 112 Å². The average Bonchev–Trinajstić information content (AvgIpc) is 1.56. The third-order valence-corrected chi connectivity index (χ3v) is 25.2. The summed E-state index contributed by atoms with van der Waals surface area (Å²) in [5.41, 5.74) is -4.17. The molecule has 0 amide bonds. The minimum atomic E-state index is -1.77. The third-order valence-electron chi connectivity index (χ3n) is 22.7. The number of rotatable bonds is 30. The molecule has 2 unspecified atom stereocenters. The number of ketones is 5. The number of carbonyl (C=O) groups excluding carboxylic acids is 5. The smallest absolute Gasteiger partial charge is 0.289 e. The van der Waals surface area contributed by atoms with Crippen LogP contribution in [0.4, 0.5) is 101 Å². The van der Waals surface area contributed by atoms with Crippen molar-refractivity contribution in [2.24, 2.45) is 10.8 Å². The second-order valence-electron chi connectivity index (χ2n) is 35.7. The second-order valence-corrected chi connectivity index (χ2v) is 40.3. The fourth-order valence-electron chi connectivity index (χ4n) is 16.1. The molecule has 0 aliphatic carbocycles. The van der Waals surface area contributed by atoms with E-state index < -0.39 is 165 Å². The largest absolute Gasteiger partial charge is 0.394 e. The summed E-state index contributed by atoms with van der Waals surface area (Å²) in [5.74, 6) is -12.4. The Kier molecular flexibility index (Phi) is 42.6. The van der Waals surface area contributed by atoms with Crippen LogP contribution in [-0.4, -0.2) is 130 Å². The van der Waals surface area contributed by atoms with Crippen molar-refractivity contribution >= 4 is 165 Å². The number of anilines is 10. The van der Waals surface area contributed by atoms with Gasteiger partial charge in [0.15, 0.2) is 28.9 Å². The molecule has 10 aromatic rings. The van der Waals surface area contributed by atoms with Gasteiger partial charge in [-0.25, -0.2) is 22.0 Å². The quantitative estimate of drug-likeness (QED) is 0.00657. The molecule has 5 aliphatic heterocycles. The minimum absolute atomic E-state index is 0.00213. The third kappa shape index (κ3) is 29.2. The van der Waals surface area contributed by atoms with Crippen LogP contribution in [0.25, 0.3) is 0 Å². The van der Waals surface area contributed by atoms with Gasteiger partial charge >= 0.3 is 0 Å². The Morgan fingerprint density at radius 3 is 0.924 bits per heavy atom. The zero-order valence-corrected chi connectivity index (χ0v) is 87.3. The molecule has 42 heteroatoms. The summed E-state index contributed by atoms with van der Waals surface area (Å²) in [7, 11) is 1.41. The monoisotopic (exact) mass is 2330 g/mol. The molecule has 0 saturated carbocycles. The fourth-order valence-corrected chi connectivity index (χ4v) is 17.7. The lowest BCUT2D eigenvalue weighted by Gasteiger charge is -2.18. The number of nitrogens with one attached hydrogen (secondary N) is 5. The lowest BCUT2D eigenvalue weighted by Crippen LogP contribution is -2.32. The number of hydrogen-bond acceptors (Lipinski definition) is 22. The first-order valence-corrected chi connectivity index (χ1v) is 49.2. The van der Waals surface area contributed by atoms with Gasteiger partial charge in [0.2, 0.25) is 29.1 Å². The van der Waals surface area contributed by atoms with Gasteiger partial charge in [-0.1, -0.05) is 139 Å². The molecule has 772 valence electrons. The molecule has 10 N–H and O–H groups in total. The molecule has 15 rings (SSSR count). The molecule has 10 heterocycles. The molecule has 5 aromatic carbocycles. The Balaban J connectivity index is 0.000000193. The van der Waals surface area contributed by atoms with Crippen LogP contribution in [0, 0.1) is 69.0 Å². The normalized spacial score (nSPS) is 13.2. The molecular formula is C102H107Br5F10N10O17. The maximum atomic E-state index is 14.8. The Labute approximate surface area is 863 Å². The first-order chi connectivity index (χ1) is 68.1. The van der Waals surface area contributed by atoms with E-state index in [4.69, 9.17) is 19.7 Å². The number of methoxy groups -OCH3 is 1. The highest BCUT2D eigenvalue weighted by molar-refractivity contribution is 9.11. The predicted molar refractivity (Wildman–Crippen MR) is 547 cm³/mol. The van der Waals surface area contributed by atoms with E-state index in [1.165, 1.54) is 105 Å². The van der Waals surface area contributed by atoms with Crippen LogP contribution >= 0.6 is 79.6 Å². The van der Waals surface area contributed by atoms with E-state index in [0.717, 1.165) is 29.5 Å². The van der Waals surface area contributed by atoms with Gasteiger partial charge < -0.3 is 84.4 Å². The molecule has 5 aromatic heterocycles. The van der Waals surface area contributed by atoms with Crippen LogP contribution in [-0.2, 0) is 74.3 Å². The number of allylic oxidation sites excluding steroid dienone is 3. The number of benzene rings is 5. The van der Waals surface area contributed by atoms with E-state index in [0.29, 0.717) is 140 Å². The number of Topliss-reactive ketones (excluding diaryl/α,β-unsaturated/α-hetero) is 5. The average molecular weight is 2330 g/mol. The van der Waals surface area contributed by atoms with Gasteiger partial charge in [-0.2, -0.15) is 22.0 Å². The van der Waals surface area contributed by atoms with E-state index >= 15 is 0 Å². The lowest BCUT2D eigenvalue weighted by molar-refractivity contribution is -0.0237. The van der Waals surface area contributed by atoms with Crippen LogP contribution in [0.15, 0.2) is 175 Å². The molecule has 0 radical (unpaired) electrons. The molecule has 0 saturated heterocycles. The van der Waals surface area contributed by atoms with Crippen LogP contribution in [0.3, 0.4) is 0 Å². The number of nitrogens with zero attached hydrogens (tertiary/aromatic N) is 5. The number of fused-ring (bicyclic) bond motifs is 5. The van der Waals surface area contributed by atoms with E-state index in [1.807, 2.05) is 12.2 Å². The number of aliphatic hydroxyl groups is 5. The fraction of sp³-hybridized carbons (Fsp3) is 0.353. The van der Waals surface area contributed by atoms with Crippen molar-refractivity contribution in [1.82, 2.24) is 22.8 Å². The molecule has 0 spiro atoms. The van der Waals surface area contributed by atoms with Gasteiger partial charge in [0.1, 0.15) is 55.2 Å². The summed E-state index contributed by atoms with van der Waals surface area (Å²) >= 11 is 15.6. The van der Waals surface area contributed by atoms with Crippen LogP contribution in [0.1, 0.15) is 186 Å². The van der Waals surface area contributed by atoms with E-state index in [2.05, 4.69) is 168 Å². The Morgan fingerprint density at radius 2 is 0.688 bits per heavy atom. The Bertz CT molecular complexity index is 6860. The van der Waals surface area contributed by atoms with Crippen LogP contribution in [0.5, 0.6) is 0 Å². The predicted octanol–water partition coefficient (Wildman–Crippen LogP) is 20.7. The molecule has 0 bridgehead atoms. The summed E-state index contributed by atoms with van der Waals surface area (Å²) in [4.78, 5) is 124. The number of ether oxygens (including phenoxy) is 2. The molecule has 5 aliphatic rings. The summed E-state index contributed by atoms with van der Waals surface area (Å²) in [6.45, 7) is 22.9. The number of carbonyl (C=O) groups is 5. The van der Waals surface area contributed by atoms with Gasteiger partial charge in [0, 0.05) is 104 Å². The number of aromatic nitrogens is 5. The summed E-state index contributed by atoms with van der Waals surface area (Å²) < 4.78 is 163. The number of pyridine rings is 5. The summed E-state index contributed by atoms with van der Waals surface area (Å²) in [6, 6.07) is 20.4. The standard InChI is InChI=1S/2C18H17BrF2N2O4.C18H15BrF2N2O2.C17H15BrF2N2O4.C16H13BrF2N2O3.C8H16.C7H14/c1-26-9-27-8-14(24)15-13-3-2-6-23(13)18(25)16(21)17(15)22-12-5-4-10(19)7-11(12)20;19-9-3-4-12(11(20)6-9)22-17-15(14(26)7-10(25)8-24)13-2-1-5-23(13)18(27)16(17)21;1-2-4-14(24)15-13-5-3-8-23(13)18(25)16(21)17(15)22-12-7-6-10(19)9-11(12)20;18-8-3-4-10(9(19)6-8)21-15-13(16(25)12(24)7-23)11-2-1-5-22(11)17(26)14(15)20;17-8-3-4-10(9(18)6-8)20-15-13(12(23)7-22)11-2-1-5-21(11)16(24)14(15)19;1-5-6-7-8(2,3)4;1-5-6-7(2,3)4/h4-5,7,22H,2-3,6,8-9H2,1H3;3-4,6,10,22,24-25H,1-2,5,7-8H2;2,6-7,9,22H,1,3-5,8H2;3-4,6,12,21,23-24H,1-2,5,7H2;3-4,6,20,22H,1-2,5,7H2;5H,1,6-7H2,2-4H3;5H,1,6H2,2-4H3. The molecule has 0 fully saturated rings. The number of halogens is 15. The maximum Gasteiger partial charge on any atom is 0.289 e. The molecule has 27 nitrogen and oxygen atoms in total. The zero-order chi connectivity index (χ0) is 106. The Morgan fingerprint density at radius 1 is 0.403 bits per heavy atom. The van der Waals surface area contributed by atoms with E-state index in [1.54, 1.807) is 12.1 Å². The zero-order valence-electron chi connectivity index (χ0n) is 79.4. The lowest BCUT2D eigenvalue weighted by atomic mass is 9.91. The van der Waals surface area contributed by atoms with Crippen molar-refractivity contribution in [3.05, 3.63) is 318 Å². The molecule has 2 atom stereocenters. The summed E-state index contributed by atoms with van der Waals surface area (Å²) in [6.07, 6.45) is 10.3. The van der Waals surface area contributed by atoms with E-state index in [9.17, 15) is 107 Å². The first-order valence-electron chi connectivity index (χ1n) is 45.2. The summed E-state index contributed by atoms with van der Waals surface area (Å²) in [5, 5.41) is 59.3. The topological polar surface area (TPSA) is 375 Å². The van der Waals surface area contributed by atoms with Crippen LogP contribution < -0.4 is 54.4 Å². The molecule has 144 heavy (non-hydrogen) atoms. The second kappa shape index (κ2) is 52.8. The van der Waals surface area contributed by atoms with Gasteiger partial charge in [-0.05, 0) is 185 Å².